The van der Waals surface area contributed by atoms with Gasteiger partial charge in [0.2, 0.25) is 0 Å². The summed E-state index contributed by atoms with van der Waals surface area (Å²) in [5.41, 5.74) is 8.99. The lowest BCUT2D eigenvalue weighted by Gasteiger charge is -2.25. The first kappa shape index (κ1) is 15.5. The monoisotopic (exact) mass is 287 g/mol. The summed E-state index contributed by atoms with van der Waals surface area (Å²) < 4.78 is 20.1. The fourth-order valence-electron chi connectivity index (χ4n) is 2.24. The molecule has 0 amide bonds. The third-order valence-corrected chi connectivity index (χ3v) is 3.81. The molecule has 21 heavy (non-hydrogen) atoms. The quantitative estimate of drug-likeness (QED) is 0.890. The van der Waals surface area contributed by atoms with Gasteiger partial charge in [0.1, 0.15) is 17.7 Å². The van der Waals surface area contributed by atoms with E-state index in [0.29, 0.717) is 12.0 Å². The van der Waals surface area contributed by atoms with Gasteiger partial charge in [-0.2, -0.15) is 0 Å². The molecule has 2 N–H and O–H groups in total. The Kier molecular flexibility index (Phi) is 4.97. The van der Waals surface area contributed by atoms with Gasteiger partial charge in [-0.25, -0.2) is 4.39 Å². The molecule has 2 aromatic rings. The lowest BCUT2D eigenvalue weighted by molar-refractivity contribution is 0.166. The third kappa shape index (κ3) is 3.61. The second-order valence-corrected chi connectivity index (χ2v) is 5.38. The molecule has 3 heteroatoms. The zero-order chi connectivity index (χ0) is 15.4. The summed E-state index contributed by atoms with van der Waals surface area (Å²) in [6, 6.07) is 12.2. The second kappa shape index (κ2) is 6.72. The van der Waals surface area contributed by atoms with Gasteiger partial charge in [0.15, 0.2) is 0 Å². The van der Waals surface area contributed by atoms with Crippen LogP contribution in [-0.2, 0) is 0 Å². The van der Waals surface area contributed by atoms with E-state index in [1.807, 2.05) is 39.0 Å². The smallest absolute Gasteiger partial charge is 0.142 e. The molecule has 0 heterocycles. The van der Waals surface area contributed by atoms with E-state index in [9.17, 15) is 4.39 Å². The fraction of sp³-hybridized carbons (Fsp3) is 0.333. The Morgan fingerprint density at radius 1 is 1.10 bits per heavy atom. The zero-order valence-corrected chi connectivity index (χ0v) is 12.8. The average molecular weight is 287 g/mol. The molecular weight excluding hydrogens is 265 g/mol. The summed E-state index contributed by atoms with van der Waals surface area (Å²) in [5, 5.41) is 0. The highest BCUT2D eigenvalue weighted by molar-refractivity contribution is 5.35. The summed E-state index contributed by atoms with van der Waals surface area (Å²) in [6.45, 7) is 6.05. The van der Waals surface area contributed by atoms with Crippen molar-refractivity contribution in [3.8, 4) is 5.75 Å². The normalized spacial score (nSPS) is 13.8. The summed E-state index contributed by atoms with van der Waals surface area (Å²) in [6.07, 6.45) is 0.224. The molecule has 0 bridgehead atoms. The van der Waals surface area contributed by atoms with Crippen LogP contribution in [0.15, 0.2) is 42.5 Å². The number of aryl methyl sites for hydroxylation is 2. The van der Waals surface area contributed by atoms with Crippen molar-refractivity contribution in [3.63, 3.8) is 0 Å². The molecular formula is C18H22FNO. The Morgan fingerprint density at radius 2 is 1.81 bits per heavy atom. The molecule has 2 nitrogen and oxygen atoms in total. The molecule has 0 aliphatic rings. The lowest BCUT2D eigenvalue weighted by Crippen LogP contribution is -2.32. The van der Waals surface area contributed by atoms with Crippen molar-refractivity contribution >= 4 is 0 Å². The summed E-state index contributed by atoms with van der Waals surface area (Å²) >= 11 is 0. The van der Waals surface area contributed by atoms with Crippen LogP contribution in [0.1, 0.15) is 36.1 Å². The number of halogens is 1. The van der Waals surface area contributed by atoms with Crippen molar-refractivity contribution in [3.05, 3.63) is 65.0 Å². The van der Waals surface area contributed by atoms with Gasteiger partial charge < -0.3 is 10.5 Å². The largest absolute Gasteiger partial charge is 0.484 e. The van der Waals surface area contributed by atoms with Crippen molar-refractivity contribution in [2.24, 2.45) is 5.73 Å². The predicted molar refractivity (Wildman–Crippen MR) is 84.0 cm³/mol. The molecule has 0 aliphatic heterocycles. The Labute approximate surface area is 125 Å². The number of ether oxygens (including phenoxy) is 1. The molecule has 2 atom stereocenters. The van der Waals surface area contributed by atoms with Gasteiger partial charge >= 0.3 is 0 Å². The number of rotatable bonds is 5. The topological polar surface area (TPSA) is 35.2 Å². The number of benzene rings is 2. The number of hydrogen-bond acceptors (Lipinski definition) is 2. The van der Waals surface area contributed by atoms with E-state index in [-0.39, 0.29) is 11.9 Å². The van der Waals surface area contributed by atoms with Crippen LogP contribution in [0.25, 0.3) is 0 Å². The standard InChI is InChI=1S/C18H22FNO/c1-4-17(20)18(15-7-5-6-8-16(15)19)21-14-10-9-12(2)13(3)11-14/h5-11,17-18H,4,20H2,1-3H3. The van der Waals surface area contributed by atoms with Crippen molar-refractivity contribution in [1.29, 1.82) is 0 Å². The maximum atomic E-state index is 14.0. The molecule has 2 rings (SSSR count). The average Bonchev–Trinajstić information content (AvgIpc) is 2.48. The van der Waals surface area contributed by atoms with Crippen LogP contribution in [0.5, 0.6) is 5.75 Å². The first-order valence-electron chi connectivity index (χ1n) is 7.26. The number of hydrogen-bond donors (Lipinski definition) is 1. The Morgan fingerprint density at radius 3 is 2.43 bits per heavy atom. The molecule has 0 spiro atoms. The van der Waals surface area contributed by atoms with Gasteiger partial charge in [-0.3, -0.25) is 0 Å². The van der Waals surface area contributed by atoms with E-state index >= 15 is 0 Å². The predicted octanol–water partition coefficient (Wildman–Crippen LogP) is 4.30. The fourth-order valence-corrected chi connectivity index (χ4v) is 2.24. The van der Waals surface area contributed by atoms with Gasteiger partial charge in [-0.15, -0.1) is 0 Å². The maximum absolute atomic E-state index is 14.0. The van der Waals surface area contributed by atoms with E-state index in [4.69, 9.17) is 10.5 Å². The molecule has 0 radical (unpaired) electrons. The van der Waals surface area contributed by atoms with Crippen LogP contribution in [0.4, 0.5) is 4.39 Å². The van der Waals surface area contributed by atoms with E-state index in [1.165, 1.54) is 11.6 Å². The summed E-state index contributed by atoms with van der Waals surface area (Å²) in [5.74, 6) is 0.436. The van der Waals surface area contributed by atoms with Crippen LogP contribution in [0.3, 0.4) is 0 Å². The molecule has 0 fully saturated rings. The van der Waals surface area contributed by atoms with Crippen LogP contribution >= 0.6 is 0 Å². The first-order chi connectivity index (χ1) is 10.0. The van der Waals surface area contributed by atoms with Crippen molar-refractivity contribution in [1.82, 2.24) is 0 Å². The molecule has 0 aromatic heterocycles. The molecule has 112 valence electrons. The molecule has 0 saturated heterocycles. The van der Waals surface area contributed by atoms with Gasteiger partial charge in [0.05, 0.1) is 0 Å². The van der Waals surface area contributed by atoms with E-state index in [2.05, 4.69) is 0 Å². The molecule has 0 aliphatic carbocycles. The highest BCUT2D eigenvalue weighted by atomic mass is 19.1. The Hall–Kier alpha value is -1.87. The first-order valence-corrected chi connectivity index (χ1v) is 7.26. The van der Waals surface area contributed by atoms with Gasteiger partial charge in [-0.05, 0) is 49.6 Å². The number of nitrogens with two attached hydrogens (primary N) is 1. The lowest BCUT2D eigenvalue weighted by atomic mass is 10.00. The summed E-state index contributed by atoms with van der Waals surface area (Å²) in [4.78, 5) is 0. The van der Waals surface area contributed by atoms with E-state index in [1.54, 1.807) is 18.2 Å². The highest BCUT2D eigenvalue weighted by Gasteiger charge is 2.23. The van der Waals surface area contributed by atoms with Gasteiger partial charge in [-0.1, -0.05) is 31.2 Å². The Bertz CT molecular complexity index is 612. The van der Waals surface area contributed by atoms with Crippen molar-refractivity contribution in [2.45, 2.75) is 39.3 Å². The third-order valence-electron chi connectivity index (χ3n) is 3.81. The van der Waals surface area contributed by atoms with Crippen LogP contribution in [0, 0.1) is 19.7 Å². The van der Waals surface area contributed by atoms with E-state index in [0.717, 1.165) is 11.3 Å². The van der Waals surface area contributed by atoms with Crippen molar-refractivity contribution in [2.75, 3.05) is 0 Å². The van der Waals surface area contributed by atoms with Crippen LogP contribution < -0.4 is 10.5 Å². The van der Waals surface area contributed by atoms with Gasteiger partial charge in [0.25, 0.3) is 0 Å². The molecule has 0 saturated carbocycles. The summed E-state index contributed by atoms with van der Waals surface area (Å²) in [7, 11) is 0. The van der Waals surface area contributed by atoms with Crippen molar-refractivity contribution < 1.29 is 9.13 Å². The molecule has 2 unspecified atom stereocenters. The van der Waals surface area contributed by atoms with Crippen LogP contribution in [-0.4, -0.2) is 6.04 Å². The second-order valence-electron chi connectivity index (χ2n) is 5.38. The minimum Gasteiger partial charge on any atom is -0.484 e. The highest BCUT2D eigenvalue weighted by Crippen LogP contribution is 2.28. The van der Waals surface area contributed by atoms with Gasteiger partial charge in [0, 0.05) is 11.6 Å². The minimum absolute atomic E-state index is 0.261. The maximum Gasteiger partial charge on any atom is 0.142 e. The Balaban J connectivity index is 2.33. The van der Waals surface area contributed by atoms with E-state index < -0.39 is 6.10 Å². The SMILES string of the molecule is CCC(N)C(Oc1ccc(C)c(C)c1)c1ccccc1F. The minimum atomic E-state index is -0.488. The molecule has 2 aromatic carbocycles. The zero-order valence-electron chi connectivity index (χ0n) is 12.8. The van der Waals surface area contributed by atoms with Crippen LogP contribution in [0.2, 0.25) is 0 Å².